The van der Waals surface area contributed by atoms with Crippen molar-refractivity contribution in [1.82, 2.24) is 15.0 Å². The maximum absolute atomic E-state index is 14.0. The number of ether oxygens (including phenoxy) is 1. The first kappa shape index (κ1) is 23.4. The summed E-state index contributed by atoms with van der Waals surface area (Å²) in [6.45, 7) is 1.98. The van der Waals surface area contributed by atoms with Gasteiger partial charge in [0.15, 0.2) is 11.6 Å². The van der Waals surface area contributed by atoms with Crippen LogP contribution in [0.5, 0.6) is 5.75 Å². The molecule has 0 radical (unpaired) electrons. The van der Waals surface area contributed by atoms with Crippen molar-refractivity contribution < 1.29 is 19.0 Å². The van der Waals surface area contributed by atoms with Crippen LogP contribution in [0.2, 0.25) is 0 Å². The Kier molecular flexibility index (Phi) is 6.93. The fraction of sp³-hybridized carbons (Fsp3) is 0.200. The van der Waals surface area contributed by atoms with Gasteiger partial charge in [-0.2, -0.15) is 0 Å². The second-order valence-electron chi connectivity index (χ2n) is 7.70. The zero-order valence-electron chi connectivity index (χ0n) is 18.6. The number of aliphatic carboxylic acids is 1. The van der Waals surface area contributed by atoms with Gasteiger partial charge in [-0.1, -0.05) is 35.5 Å². The molecule has 0 fully saturated rings. The number of aryl methyl sites for hydroxylation is 2. The predicted octanol–water partition coefficient (Wildman–Crippen LogP) is 4.55. The van der Waals surface area contributed by atoms with E-state index in [0.717, 1.165) is 16.0 Å². The maximum atomic E-state index is 14.0. The molecular weight excluding hydrogens is 457 g/mol. The Labute approximate surface area is 199 Å². The SMILES string of the molecule is COc1ccc(-c2ccc(SC(CCn3nnc4c(C)cccc4c3=O)C(=O)O)cc2)cc1F. The van der Waals surface area contributed by atoms with Crippen LogP contribution in [0.4, 0.5) is 4.39 Å². The van der Waals surface area contributed by atoms with Gasteiger partial charge in [0.1, 0.15) is 10.8 Å². The number of carboxylic acid groups (broad SMARTS) is 1. The van der Waals surface area contributed by atoms with Crippen LogP contribution in [-0.2, 0) is 11.3 Å². The number of benzene rings is 3. The molecule has 0 saturated heterocycles. The van der Waals surface area contributed by atoms with Gasteiger partial charge < -0.3 is 9.84 Å². The molecule has 4 aromatic rings. The Morgan fingerprint density at radius 3 is 2.56 bits per heavy atom. The number of halogens is 1. The van der Waals surface area contributed by atoms with Gasteiger partial charge in [-0.25, -0.2) is 9.07 Å². The van der Waals surface area contributed by atoms with Gasteiger partial charge in [0, 0.05) is 11.4 Å². The second kappa shape index (κ2) is 10.0. The van der Waals surface area contributed by atoms with Gasteiger partial charge in [0.25, 0.3) is 5.56 Å². The van der Waals surface area contributed by atoms with Gasteiger partial charge in [-0.05, 0) is 60.4 Å². The Morgan fingerprint density at radius 2 is 1.88 bits per heavy atom. The van der Waals surface area contributed by atoms with Crippen molar-refractivity contribution in [3.8, 4) is 16.9 Å². The minimum atomic E-state index is -0.982. The number of rotatable bonds is 8. The molecule has 0 aliphatic carbocycles. The molecule has 9 heteroatoms. The van der Waals surface area contributed by atoms with Crippen LogP contribution in [0.15, 0.2) is 70.4 Å². The largest absolute Gasteiger partial charge is 0.494 e. The number of carboxylic acids is 1. The molecule has 0 aliphatic rings. The van der Waals surface area contributed by atoms with Crippen molar-refractivity contribution in [1.29, 1.82) is 0 Å². The van der Waals surface area contributed by atoms with E-state index in [9.17, 15) is 19.1 Å². The van der Waals surface area contributed by atoms with Gasteiger partial charge in [-0.15, -0.1) is 16.9 Å². The van der Waals surface area contributed by atoms with Crippen LogP contribution in [-0.4, -0.2) is 38.4 Å². The number of hydrogen-bond acceptors (Lipinski definition) is 6. The summed E-state index contributed by atoms with van der Waals surface area (Å²) in [4.78, 5) is 25.3. The number of methoxy groups -OCH3 is 1. The number of nitrogens with zero attached hydrogens (tertiary/aromatic N) is 3. The number of fused-ring (bicyclic) bond motifs is 1. The monoisotopic (exact) mass is 479 g/mol. The van der Waals surface area contributed by atoms with Gasteiger partial charge >= 0.3 is 5.97 Å². The normalized spacial score (nSPS) is 12.0. The van der Waals surface area contributed by atoms with Crippen LogP contribution >= 0.6 is 11.8 Å². The zero-order chi connectivity index (χ0) is 24.2. The summed E-state index contributed by atoms with van der Waals surface area (Å²) in [5.41, 5.74) is 2.60. The predicted molar refractivity (Wildman–Crippen MR) is 129 cm³/mol. The lowest BCUT2D eigenvalue weighted by atomic mass is 10.1. The van der Waals surface area contributed by atoms with E-state index in [1.165, 1.54) is 29.6 Å². The molecular formula is C25H22FN3O4S. The van der Waals surface area contributed by atoms with E-state index < -0.39 is 17.0 Å². The third-order valence-corrected chi connectivity index (χ3v) is 6.72. The molecule has 1 unspecified atom stereocenters. The van der Waals surface area contributed by atoms with Crippen LogP contribution in [0.25, 0.3) is 22.0 Å². The standard InChI is InChI=1S/C25H22FN3O4S/c1-15-4-3-5-19-23(15)27-28-29(24(19)30)13-12-22(25(31)32)34-18-9-6-16(7-10-18)17-8-11-21(33-2)20(26)14-17/h3-11,14,22H,12-13H2,1-2H3,(H,31,32). The quantitative estimate of drug-likeness (QED) is 0.371. The highest BCUT2D eigenvalue weighted by atomic mass is 32.2. The maximum Gasteiger partial charge on any atom is 0.317 e. The van der Waals surface area contributed by atoms with Crippen LogP contribution in [0.3, 0.4) is 0 Å². The van der Waals surface area contributed by atoms with Crippen molar-refractivity contribution in [3.63, 3.8) is 0 Å². The number of thioether (sulfide) groups is 1. The van der Waals surface area contributed by atoms with E-state index in [4.69, 9.17) is 4.74 Å². The molecule has 7 nitrogen and oxygen atoms in total. The molecule has 34 heavy (non-hydrogen) atoms. The molecule has 0 saturated carbocycles. The lowest BCUT2D eigenvalue weighted by molar-refractivity contribution is -0.136. The fourth-order valence-electron chi connectivity index (χ4n) is 3.60. The van der Waals surface area contributed by atoms with Gasteiger partial charge in [0.05, 0.1) is 12.5 Å². The van der Waals surface area contributed by atoms with Gasteiger partial charge in [-0.3, -0.25) is 9.59 Å². The molecule has 0 aliphatic heterocycles. The highest BCUT2D eigenvalue weighted by Gasteiger charge is 2.20. The Bertz CT molecular complexity index is 1410. The van der Waals surface area contributed by atoms with Crippen LogP contribution < -0.4 is 10.3 Å². The smallest absolute Gasteiger partial charge is 0.317 e. The van der Waals surface area contributed by atoms with Crippen molar-refractivity contribution in [3.05, 3.63) is 82.4 Å². The highest BCUT2D eigenvalue weighted by Crippen LogP contribution is 2.30. The Morgan fingerprint density at radius 1 is 1.15 bits per heavy atom. The molecule has 1 aromatic heterocycles. The molecule has 3 aromatic carbocycles. The minimum absolute atomic E-state index is 0.128. The summed E-state index contributed by atoms with van der Waals surface area (Å²) in [6, 6.07) is 17.3. The van der Waals surface area contributed by atoms with Crippen molar-refractivity contribution >= 4 is 28.6 Å². The molecule has 4 rings (SSSR count). The first-order valence-corrected chi connectivity index (χ1v) is 11.4. The van der Waals surface area contributed by atoms with E-state index in [2.05, 4.69) is 10.3 Å². The highest BCUT2D eigenvalue weighted by molar-refractivity contribution is 8.00. The summed E-state index contributed by atoms with van der Waals surface area (Å²) in [7, 11) is 1.41. The van der Waals surface area contributed by atoms with Crippen molar-refractivity contribution in [2.24, 2.45) is 0 Å². The first-order chi connectivity index (χ1) is 16.4. The zero-order valence-corrected chi connectivity index (χ0v) is 19.4. The molecule has 1 heterocycles. The van der Waals surface area contributed by atoms with E-state index in [1.807, 2.05) is 25.1 Å². The number of carbonyl (C=O) groups is 1. The Balaban J connectivity index is 1.47. The van der Waals surface area contributed by atoms with Crippen LogP contribution in [0, 0.1) is 12.7 Å². The third kappa shape index (κ3) is 4.94. The topological polar surface area (TPSA) is 94.3 Å². The summed E-state index contributed by atoms with van der Waals surface area (Å²) in [5.74, 6) is -1.26. The third-order valence-electron chi connectivity index (χ3n) is 5.45. The summed E-state index contributed by atoms with van der Waals surface area (Å²) < 4.78 is 20.2. The van der Waals surface area contributed by atoms with Gasteiger partial charge in [0.2, 0.25) is 0 Å². The average molecular weight is 480 g/mol. The lowest BCUT2D eigenvalue weighted by Crippen LogP contribution is -2.27. The van der Waals surface area contributed by atoms with Crippen molar-refractivity contribution in [2.75, 3.05) is 7.11 Å². The minimum Gasteiger partial charge on any atom is -0.494 e. The molecule has 0 spiro atoms. The lowest BCUT2D eigenvalue weighted by Gasteiger charge is -2.13. The molecule has 1 atom stereocenters. The van der Waals surface area contributed by atoms with E-state index in [1.54, 1.807) is 36.4 Å². The summed E-state index contributed by atoms with van der Waals surface area (Å²) in [5, 5.41) is 17.5. The van der Waals surface area contributed by atoms with Crippen LogP contribution in [0.1, 0.15) is 12.0 Å². The average Bonchev–Trinajstić information content (AvgIpc) is 2.83. The molecule has 0 bridgehead atoms. The molecule has 0 amide bonds. The fourth-order valence-corrected chi connectivity index (χ4v) is 4.54. The molecule has 174 valence electrons. The van der Waals surface area contributed by atoms with E-state index in [-0.39, 0.29) is 24.3 Å². The summed E-state index contributed by atoms with van der Waals surface area (Å²) in [6.07, 6.45) is 0.192. The number of hydrogen-bond donors (Lipinski definition) is 1. The second-order valence-corrected chi connectivity index (χ2v) is 8.97. The Hall–Kier alpha value is -3.72. The summed E-state index contributed by atoms with van der Waals surface area (Å²) >= 11 is 1.18. The molecule has 1 N–H and O–H groups in total. The van der Waals surface area contributed by atoms with E-state index in [0.29, 0.717) is 16.5 Å². The number of aromatic nitrogens is 3. The first-order valence-electron chi connectivity index (χ1n) is 10.5. The van der Waals surface area contributed by atoms with E-state index >= 15 is 0 Å². The van der Waals surface area contributed by atoms with Crippen molar-refractivity contribution in [2.45, 2.75) is 30.0 Å².